The number of rotatable bonds is 3. The Bertz CT molecular complexity index is 588. The molecule has 7 nitrogen and oxygen atoms in total. The summed E-state index contributed by atoms with van der Waals surface area (Å²) < 4.78 is 0. The number of piperazine rings is 1. The molecule has 1 fully saturated rings. The second kappa shape index (κ2) is 6.33. The fraction of sp³-hybridized carbons (Fsp3) is 0.429. The monoisotopic (exact) mass is 288 g/mol. The van der Waals surface area contributed by atoms with Crippen LogP contribution < -0.4 is 0 Å². The molecule has 0 radical (unpaired) electrons. The third-order valence-corrected chi connectivity index (χ3v) is 3.68. The van der Waals surface area contributed by atoms with Gasteiger partial charge in [-0.1, -0.05) is 12.1 Å². The molecule has 7 heteroatoms. The molecule has 110 valence electrons. The van der Waals surface area contributed by atoms with Crippen LogP contribution in [0.5, 0.6) is 0 Å². The van der Waals surface area contributed by atoms with Crippen molar-refractivity contribution in [2.24, 2.45) is 0 Å². The van der Waals surface area contributed by atoms with Gasteiger partial charge in [-0.2, -0.15) is 5.26 Å². The number of para-hydroxylation sites is 1. The predicted octanol–water partition coefficient (Wildman–Crippen LogP) is 1.32. The molecule has 1 saturated heterocycles. The first-order valence-corrected chi connectivity index (χ1v) is 6.67. The average Bonchev–Trinajstić information content (AvgIpc) is 2.49. The van der Waals surface area contributed by atoms with Gasteiger partial charge in [-0.25, -0.2) is 0 Å². The van der Waals surface area contributed by atoms with Gasteiger partial charge in [-0.3, -0.25) is 19.8 Å². The Hall–Kier alpha value is -2.46. The number of carbonyl (C=O) groups is 1. The maximum atomic E-state index is 11.3. The Labute approximate surface area is 122 Å². The van der Waals surface area contributed by atoms with Gasteiger partial charge in [0.2, 0.25) is 5.91 Å². The van der Waals surface area contributed by atoms with Gasteiger partial charge in [0.15, 0.2) is 0 Å². The van der Waals surface area contributed by atoms with E-state index in [1.807, 2.05) is 4.90 Å². The van der Waals surface area contributed by atoms with Crippen molar-refractivity contribution < 1.29 is 9.72 Å². The number of hydrogen-bond donors (Lipinski definition) is 0. The van der Waals surface area contributed by atoms with Crippen LogP contribution in [0.4, 0.5) is 5.69 Å². The third-order valence-electron chi connectivity index (χ3n) is 3.68. The minimum absolute atomic E-state index is 0.00819. The molecule has 2 rings (SSSR count). The van der Waals surface area contributed by atoms with E-state index in [1.165, 1.54) is 13.0 Å². The molecule has 0 aliphatic carbocycles. The Morgan fingerprint density at radius 3 is 2.48 bits per heavy atom. The molecule has 1 aromatic carbocycles. The molecule has 0 N–H and O–H groups in total. The largest absolute Gasteiger partial charge is 0.340 e. The highest BCUT2D eigenvalue weighted by Crippen LogP contribution is 2.29. The summed E-state index contributed by atoms with van der Waals surface area (Å²) in [7, 11) is 0. The quantitative estimate of drug-likeness (QED) is 0.618. The van der Waals surface area contributed by atoms with Crippen molar-refractivity contribution in [2.75, 3.05) is 26.2 Å². The van der Waals surface area contributed by atoms with E-state index < -0.39 is 11.0 Å². The van der Waals surface area contributed by atoms with Crippen molar-refractivity contribution in [3.63, 3.8) is 0 Å². The van der Waals surface area contributed by atoms with E-state index in [2.05, 4.69) is 6.07 Å². The van der Waals surface area contributed by atoms with E-state index in [0.717, 1.165) is 0 Å². The standard InChI is InChI=1S/C14H16N4O3/c1-11(19)16-6-8-17(9-7-16)14(10-15)12-4-2-3-5-13(12)18(20)21/h2-5,14H,6-9H2,1H3. The Kier molecular flexibility index (Phi) is 4.50. The van der Waals surface area contributed by atoms with Gasteiger partial charge >= 0.3 is 0 Å². The molecule has 0 bridgehead atoms. The molecular formula is C14H16N4O3. The lowest BCUT2D eigenvalue weighted by atomic mass is 10.0. The zero-order valence-electron chi connectivity index (χ0n) is 11.7. The van der Waals surface area contributed by atoms with Crippen molar-refractivity contribution in [1.29, 1.82) is 5.26 Å². The highest BCUT2D eigenvalue weighted by atomic mass is 16.6. The van der Waals surface area contributed by atoms with E-state index in [1.54, 1.807) is 23.1 Å². The number of nitriles is 1. The summed E-state index contributed by atoms with van der Waals surface area (Å²) in [5.74, 6) is 0.00819. The van der Waals surface area contributed by atoms with Gasteiger partial charge in [-0.15, -0.1) is 0 Å². The van der Waals surface area contributed by atoms with Crippen molar-refractivity contribution in [3.8, 4) is 6.07 Å². The first-order chi connectivity index (χ1) is 10.0. The summed E-state index contributed by atoms with van der Waals surface area (Å²) in [5, 5.41) is 20.5. The maximum absolute atomic E-state index is 11.3. The van der Waals surface area contributed by atoms with Crippen LogP contribution in [-0.2, 0) is 4.79 Å². The fourth-order valence-electron chi connectivity index (χ4n) is 2.53. The first kappa shape index (κ1) is 14.9. The van der Waals surface area contributed by atoms with Gasteiger partial charge in [0.1, 0.15) is 6.04 Å². The molecule has 1 amide bonds. The summed E-state index contributed by atoms with van der Waals surface area (Å²) in [4.78, 5) is 25.5. The number of carbonyl (C=O) groups excluding carboxylic acids is 1. The van der Waals surface area contributed by atoms with Crippen LogP contribution in [0.3, 0.4) is 0 Å². The zero-order chi connectivity index (χ0) is 15.4. The molecule has 0 saturated carbocycles. The van der Waals surface area contributed by atoms with Crippen LogP contribution in [0.15, 0.2) is 24.3 Å². The molecule has 1 atom stereocenters. The summed E-state index contributed by atoms with van der Waals surface area (Å²) in [6, 6.07) is 7.78. The smallest absolute Gasteiger partial charge is 0.275 e. The number of amides is 1. The maximum Gasteiger partial charge on any atom is 0.275 e. The van der Waals surface area contributed by atoms with Crippen molar-refractivity contribution in [1.82, 2.24) is 9.80 Å². The second-order valence-corrected chi connectivity index (χ2v) is 4.89. The molecule has 0 spiro atoms. The number of nitro benzene ring substituents is 1. The van der Waals surface area contributed by atoms with Crippen LogP contribution >= 0.6 is 0 Å². The van der Waals surface area contributed by atoms with Crippen LogP contribution in [0, 0.1) is 21.4 Å². The molecule has 1 aromatic rings. The normalized spacial score (nSPS) is 17.0. The van der Waals surface area contributed by atoms with Crippen molar-refractivity contribution in [2.45, 2.75) is 13.0 Å². The topological polar surface area (TPSA) is 90.5 Å². The number of nitro groups is 1. The molecule has 1 unspecified atom stereocenters. The Balaban J connectivity index is 2.21. The van der Waals surface area contributed by atoms with Crippen molar-refractivity contribution >= 4 is 11.6 Å². The van der Waals surface area contributed by atoms with E-state index in [0.29, 0.717) is 31.7 Å². The van der Waals surface area contributed by atoms with E-state index >= 15 is 0 Å². The zero-order valence-corrected chi connectivity index (χ0v) is 11.7. The van der Waals surface area contributed by atoms with E-state index in [-0.39, 0.29) is 11.6 Å². The molecule has 1 aliphatic heterocycles. The molecule has 0 aromatic heterocycles. The Morgan fingerprint density at radius 1 is 1.33 bits per heavy atom. The Morgan fingerprint density at radius 2 is 1.95 bits per heavy atom. The lowest BCUT2D eigenvalue weighted by molar-refractivity contribution is -0.385. The highest BCUT2D eigenvalue weighted by molar-refractivity contribution is 5.73. The van der Waals surface area contributed by atoms with Crippen LogP contribution in [0.1, 0.15) is 18.5 Å². The lowest BCUT2D eigenvalue weighted by Gasteiger charge is -2.36. The van der Waals surface area contributed by atoms with Gasteiger partial charge < -0.3 is 4.90 Å². The van der Waals surface area contributed by atoms with Gasteiger partial charge in [0.05, 0.1) is 16.6 Å². The van der Waals surface area contributed by atoms with Crippen LogP contribution in [-0.4, -0.2) is 46.8 Å². The van der Waals surface area contributed by atoms with Crippen molar-refractivity contribution in [3.05, 3.63) is 39.9 Å². The summed E-state index contributed by atoms with van der Waals surface area (Å²) in [5.41, 5.74) is 0.360. The van der Waals surface area contributed by atoms with E-state index in [9.17, 15) is 20.2 Å². The molecule has 1 heterocycles. The highest BCUT2D eigenvalue weighted by Gasteiger charge is 2.30. The number of benzene rings is 1. The van der Waals surface area contributed by atoms with Crippen LogP contribution in [0.2, 0.25) is 0 Å². The first-order valence-electron chi connectivity index (χ1n) is 6.67. The summed E-state index contributed by atoms with van der Waals surface area (Å²) in [6.45, 7) is 3.65. The minimum Gasteiger partial charge on any atom is -0.340 e. The van der Waals surface area contributed by atoms with Crippen LogP contribution in [0.25, 0.3) is 0 Å². The van der Waals surface area contributed by atoms with Gasteiger partial charge in [-0.05, 0) is 6.07 Å². The lowest BCUT2D eigenvalue weighted by Crippen LogP contribution is -2.48. The average molecular weight is 288 g/mol. The van der Waals surface area contributed by atoms with Gasteiger partial charge in [0, 0.05) is 39.2 Å². The molecular weight excluding hydrogens is 272 g/mol. The second-order valence-electron chi connectivity index (χ2n) is 4.89. The third kappa shape index (κ3) is 3.17. The summed E-state index contributed by atoms with van der Waals surface area (Å²) >= 11 is 0. The number of hydrogen-bond acceptors (Lipinski definition) is 5. The molecule has 1 aliphatic rings. The minimum atomic E-state index is -0.666. The molecule has 21 heavy (non-hydrogen) atoms. The predicted molar refractivity (Wildman–Crippen MR) is 75.3 cm³/mol. The SMILES string of the molecule is CC(=O)N1CCN(C(C#N)c2ccccc2[N+](=O)[O-])CC1. The summed E-state index contributed by atoms with van der Waals surface area (Å²) in [6.07, 6.45) is 0. The number of nitrogens with zero attached hydrogens (tertiary/aromatic N) is 4. The fourth-order valence-corrected chi connectivity index (χ4v) is 2.53. The van der Waals surface area contributed by atoms with Gasteiger partial charge in [0.25, 0.3) is 5.69 Å². The van der Waals surface area contributed by atoms with E-state index in [4.69, 9.17) is 0 Å².